The van der Waals surface area contributed by atoms with E-state index in [2.05, 4.69) is 0 Å². The minimum atomic E-state index is -2.43. The molecule has 3 heteroatoms. The van der Waals surface area contributed by atoms with Crippen LogP contribution in [0.4, 0.5) is 0 Å². The van der Waals surface area contributed by atoms with Gasteiger partial charge in [0.15, 0.2) is 0 Å². The van der Waals surface area contributed by atoms with E-state index in [1.807, 2.05) is 5.29 Å². The van der Waals surface area contributed by atoms with Gasteiger partial charge in [0.05, 0.1) is 0 Å². The van der Waals surface area contributed by atoms with Crippen molar-refractivity contribution < 1.29 is 4.11 Å². The van der Waals surface area contributed by atoms with Crippen molar-refractivity contribution in [2.45, 2.75) is 0 Å². The largest absolute Gasteiger partial charge is 0.277 e. The molecule has 0 aliphatic rings. The summed E-state index contributed by atoms with van der Waals surface area (Å²) in [5.74, 6) is 0. The van der Waals surface area contributed by atoms with Crippen molar-refractivity contribution in [1.29, 1.82) is 0 Å². The van der Waals surface area contributed by atoms with Gasteiger partial charge in [0.1, 0.15) is 0 Å². The van der Waals surface area contributed by atoms with Crippen LogP contribution in [0.15, 0.2) is 5.29 Å². The van der Waals surface area contributed by atoms with Gasteiger partial charge in [0, 0.05) is 16.4 Å². The summed E-state index contributed by atoms with van der Waals surface area (Å²) in [5.41, 5.74) is 1.35. The van der Waals surface area contributed by atoms with Gasteiger partial charge in [0.2, 0.25) is 0 Å². The fourth-order valence-corrected chi connectivity index (χ4v) is 0. The summed E-state index contributed by atoms with van der Waals surface area (Å²) < 4.78 is 18.8. The summed E-state index contributed by atoms with van der Waals surface area (Å²) in [7, 11) is 0. The third-order valence-electron chi connectivity index (χ3n) is 0.0456. The van der Waals surface area contributed by atoms with Crippen LogP contribution >= 0.6 is 0 Å². The normalized spacial score (nSPS) is 19.5. The molecule has 0 unspecified atom stereocenters. The molecule has 4 heavy (non-hydrogen) atoms. The van der Waals surface area contributed by atoms with E-state index in [0.717, 1.165) is 0 Å². The Morgan fingerprint density at radius 3 is 3.25 bits per heavy atom. The Hall–Kier alpha value is -0.600. The number of hydrogen-bond acceptors (Lipinski definition) is 2. The zero-order valence-electron chi connectivity index (χ0n) is 4.86. The van der Waals surface area contributed by atoms with Gasteiger partial charge in [-0.3, -0.25) is 5.43 Å². The lowest BCUT2D eigenvalue weighted by molar-refractivity contribution is 0.889. The highest BCUT2D eigenvalue weighted by molar-refractivity contribution is 4.06. The monoisotopic (exact) mass is 63.1 g/mol. The minimum absolute atomic E-state index is 1.35. The lowest BCUT2D eigenvalue weighted by Crippen LogP contribution is -1.87. The van der Waals surface area contributed by atoms with Gasteiger partial charge in [-0.05, 0) is 0 Å². The molecule has 0 aliphatic carbocycles. The van der Waals surface area contributed by atoms with Crippen LogP contribution in [-0.2, 0) is 0 Å². The summed E-state index contributed by atoms with van der Waals surface area (Å²) in [6, 6.07) is 0. The maximum atomic E-state index is 9.10. The second-order valence-corrected chi connectivity index (χ2v) is 0.203. The molecular weight excluding hydrogens is 56.0 g/mol. The van der Waals surface area contributed by atoms with E-state index in [-0.39, 0.29) is 0 Å². The number of nitrogens with one attached hydrogen (secondary N) is 1. The number of nitroso groups, excluding NO2 is 1. The van der Waals surface area contributed by atoms with Crippen LogP contribution in [0.25, 0.3) is 0 Å². The van der Waals surface area contributed by atoms with E-state index >= 15 is 0 Å². The van der Waals surface area contributed by atoms with Crippen LogP contribution in [0.1, 0.15) is 4.11 Å². The molecule has 0 aromatic rings. The molecule has 0 amide bonds. The van der Waals surface area contributed by atoms with E-state index in [9.17, 15) is 0 Å². The number of rotatable bonds is 1. The average Bonchev–Trinajstić information content (AvgIpc) is 1.30. The molecular formula is CH4N2O. The first kappa shape index (κ1) is 0.672. The Labute approximate surface area is 28.2 Å². The van der Waals surface area contributed by atoms with Gasteiger partial charge in [-0.1, -0.05) is 0 Å². The van der Waals surface area contributed by atoms with Gasteiger partial charge in [-0.2, -0.15) is 0 Å². The molecule has 1 N–H and O–H groups in total. The van der Waals surface area contributed by atoms with Crippen molar-refractivity contribution in [1.82, 2.24) is 5.43 Å². The first-order chi connectivity index (χ1) is 3.06. The average molecular weight is 63.1 g/mol. The number of hydrogen-bond donors (Lipinski definition) is 1. The van der Waals surface area contributed by atoms with E-state index in [1.165, 1.54) is 5.43 Å². The van der Waals surface area contributed by atoms with E-state index in [1.54, 1.807) is 0 Å². The molecule has 0 spiro atoms. The van der Waals surface area contributed by atoms with Crippen molar-refractivity contribution in [3.8, 4) is 0 Å². The molecule has 0 fully saturated rings. The van der Waals surface area contributed by atoms with E-state index < -0.39 is 6.98 Å². The Bertz CT molecular complexity index is 67.8. The molecule has 0 atom stereocenters. The third-order valence-corrected chi connectivity index (χ3v) is 0.0456. The zero-order chi connectivity index (χ0) is 5.91. The van der Waals surface area contributed by atoms with Gasteiger partial charge >= 0.3 is 0 Å². The SMILES string of the molecule is [2H]C([2H])([2H])NN=O. The molecule has 0 saturated carbocycles. The van der Waals surface area contributed by atoms with Crippen molar-refractivity contribution >= 4 is 0 Å². The maximum Gasteiger partial charge on any atom is 0.0493 e. The maximum absolute atomic E-state index is 9.10. The minimum Gasteiger partial charge on any atom is -0.277 e. The van der Waals surface area contributed by atoms with Crippen molar-refractivity contribution in [3.05, 3.63) is 4.91 Å². The van der Waals surface area contributed by atoms with Gasteiger partial charge < -0.3 is 0 Å². The number of nitrogens with zero attached hydrogens (tertiary/aromatic N) is 1. The predicted molar refractivity (Wildman–Crippen MR) is 14.9 cm³/mol. The molecule has 0 bridgehead atoms. The summed E-state index contributed by atoms with van der Waals surface area (Å²) in [5, 5.41) is 1.94. The van der Waals surface area contributed by atoms with E-state index in [4.69, 9.17) is 9.02 Å². The van der Waals surface area contributed by atoms with Crippen LogP contribution in [-0.4, -0.2) is 6.98 Å². The Kier molecular flexibility index (Phi) is 0.403. The molecule has 24 valence electrons. The van der Waals surface area contributed by atoms with Crippen LogP contribution in [0.5, 0.6) is 0 Å². The standard InChI is InChI=1S/CH4N2O/c1-2-3-4/h1H3,(H,2,4)/i1D3. The van der Waals surface area contributed by atoms with Crippen LogP contribution < -0.4 is 5.43 Å². The molecule has 0 radical (unpaired) electrons. The van der Waals surface area contributed by atoms with Gasteiger partial charge in [-0.25, -0.2) is 0 Å². The lowest BCUT2D eigenvalue weighted by atomic mass is 11.5. The van der Waals surface area contributed by atoms with Crippen LogP contribution in [0.3, 0.4) is 0 Å². The second-order valence-electron chi connectivity index (χ2n) is 0.203. The summed E-state index contributed by atoms with van der Waals surface area (Å²) in [6.45, 7) is -2.43. The van der Waals surface area contributed by atoms with Gasteiger partial charge in [-0.15, -0.1) is 4.91 Å². The first-order valence-electron chi connectivity index (χ1n) is 2.16. The molecule has 0 aliphatic heterocycles. The second kappa shape index (κ2) is 2.40. The topological polar surface area (TPSA) is 41.5 Å². The molecule has 0 heterocycles. The molecule has 0 rings (SSSR count). The Morgan fingerprint density at radius 2 is 3.25 bits per heavy atom. The van der Waals surface area contributed by atoms with Crippen molar-refractivity contribution in [3.63, 3.8) is 0 Å². The first-order valence-corrected chi connectivity index (χ1v) is 0.656. The fourth-order valence-electron chi connectivity index (χ4n) is 0. The predicted octanol–water partition coefficient (Wildman–Crippen LogP) is -0.113. The molecule has 3 nitrogen and oxygen atoms in total. The summed E-state index contributed by atoms with van der Waals surface area (Å²) in [6.07, 6.45) is 0. The zero-order valence-corrected chi connectivity index (χ0v) is 1.86. The smallest absolute Gasteiger partial charge is 0.0493 e. The summed E-state index contributed by atoms with van der Waals surface area (Å²) in [4.78, 5) is 9.10. The van der Waals surface area contributed by atoms with Crippen molar-refractivity contribution in [2.75, 3.05) is 6.98 Å². The highest BCUT2D eigenvalue weighted by Gasteiger charge is 1.41. The quantitative estimate of drug-likeness (QED) is 0.340. The molecule has 0 aromatic heterocycles. The fraction of sp³-hybridized carbons (Fsp3) is 1.00. The van der Waals surface area contributed by atoms with Gasteiger partial charge in [0.25, 0.3) is 0 Å². The highest BCUT2D eigenvalue weighted by atomic mass is 16.3. The van der Waals surface area contributed by atoms with Crippen molar-refractivity contribution in [2.24, 2.45) is 5.29 Å². The highest BCUT2D eigenvalue weighted by Crippen LogP contribution is 1.31. The Morgan fingerprint density at radius 1 is 2.50 bits per heavy atom. The van der Waals surface area contributed by atoms with Crippen LogP contribution in [0.2, 0.25) is 0 Å². The third kappa shape index (κ3) is 1.40. The van der Waals surface area contributed by atoms with Crippen LogP contribution in [0, 0.1) is 4.91 Å². The molecule has 0 saturated heterocycles. The Balaban J connectivity index is 3.34. The molecule has 0 aromatic carbocycles. The lowest BCUT2D eigenvalue weighted by Gasteiger charge is -1.63. The summed E-state index contributed by atoms with van der Waals surface area (Å²) >= 11 is 0. The van der Waals surface area contributed by atoms with E-state index in [0.29, 0.717) is 0 Å².